The van der Waals surface area contributed by atoms with Gasteiger partial charge in [-0.25, -0.2) is 9.18 Å². The quantitative estimate of drug-likeness (QED) is 0.843. The fourth-order valence-electron chi connectivity index (χ4n) is 1.65. The van der Waals surface area contributed by atoms with Crippen LogP contribution in [0, 0.1) is 3.95 Å². The van der Waals surface area contributed by atoms with E-state index < -0.39 is 13.0 Å². The van der Waals surface area contributed by atoms with Crippen molar-refractivity contribution in [3.8, 4) is 0 Å². The van der Waals surface area contributed by atoms with Gasteiger partial charge in [0.25, 0.3) is 0 Å². The molecule has 1 aliphatic rings. The molecular formula is C10H11FN2O2S2. The van der Waals surface area contributed by atoms with E-state index in [0.717, 1.165) is 15.2 Å². The van der Waals surface area contributed by atoms with Gasteiger partial charge in [0.2, 0.25) is 6.86 Å². The van der Waals surface area contributed by atoms with E-state index in [9.17, 15) is 9.18 Å². The standard InChI is InChI=1S/C10H11FN2O2S2/c11-6-15-10(14)13-3-1-7(2-4-13)8-5-17-9(16)12-8/h1,5H,2-4,6H2,(H,12,16). The highest BCUT2D eigenvalue weighted by Crippen LogP contribution is 2.22. The van der Waals surface area contributed by atoms with E-state index in [1.807, 2.05) is 11.5 Å². The molecule has 1 N–H and O–H groups in total. The molecule has 0 spiro atoms. The minimum absolute atomic E-state index is 0.435. The predicted molar refractivity (Wildman–Crippen MR) is 66.1 cm³/mol. The van der Waals surface area contributed by atoms with Crippen molar-refractivity contribution in [2.75, 3.05) is 20.0 Å². The zero-order valence-electron chi connectivity index (χ0n) is 8.94. The third kappa shape index (κ3) is 2.92. The molecule has 0 radical (unpaired) electrons. The van der Waals surface area contributed by atoms with Crippen LogP contribution in [0.15, 0.2) is 11.5 Å². The number of carbonyl (C=O) groups excluding carboxylic acids is 1. The Morgan fingerprint density at radius 3 is 3.06 bits per heavy atom. The molecule has 1 amide bonds. The summed E-state index contributed by atoms with van der Waals surface area (Å²) in [6.45, 7) is -0.116. The van der Waals surface area contributed by atoms with E-state index in [4.69, 9.17) is 12.2 Å². The van der Waals surface area contributed by atoms with Gasteiger partial charge in [0.05, 0.1) is 5.69 Å². The Morgan fingerprint density at radius 2 is 2.53 bits per heavy atom. The summed E-state index contributed by atoms with van der Waals surface area (Å²) in [5.74, 6) is 0. The van der Waals surface area contributed by atoms with E-state index in [-0.39, 0.29) is 0 Å². The Hall–Kier alpha value is -1.21. The molecule has 1 aliphatic heterocycles. The van der Waals surface area contributed by atoms with Crippen LogP contribution in [0.25, 0.3) is 5.57 Å². The van der Waals surface area contributed by atoms with Gasteiger partial charge in [0.1, 0.15) is 0 Å². The number of hydrogen-bond acceptors (Lipinski definition) is 4. The fraction of sp³-hybridized carbons (Fsp3) is 0.400. The first-order chi connectivity index (χ1) is 8.20. The Labute approximate surface area is 107 Å². The summed E-state index contributed by atoms with van der Waals surface area (Å²) in [6, 6.07) is 0. The molecular weight excluding hydrogens is 263 g/mol. The molecule has 0 saturated carbocycles. The van der Waals surface area contributed by atoms with Gasteiger partial charge in [-0.05, 0) is 24.2 Å². The van der Waals surface area contributed by atoms with Gasteiger partial charge in [-0.1, -0.05) is 6.08 Å². The minimum atomic E-state index is -1.08. The highest BCUT2D eigenvalue weighted by atomic mass is 32.1. The minimum Gasteiger partial charge on any atom is -0.417 e. The zero-order chi connectivity index (χ0) is 12.3. The maximum absolute atomic E-state index is 11.8. The number of rotatable bonds is 2. The highest BCUT2D eigenvalue weighted by molar-refractivity contribution is 7.73. The van der Waals surface area contributed by atoms with Crippen LogP contribution < -0.4 is 0 Å². The van der Waals surface area contributed by atoms with Crippen LogP contribution in [0.4, 0.5) is 9.18 Å². The van der Waals surface area contributed by atoms with Crippen molar-refractivity contribution in [3.05, 3.63) is 21.1 Å². The molecule has 1 aromatic heterocycles. The van der Waals surface area contributed by atoms with Crippen LogP contribution in [0.1, 0.15) is 12.1 Å². The summed E-state index contributed by atoms with van der Waals surface area (Å²) >= 11 is 6.49. The van der Waals surface area contributed by atoms with Crippen LogP contribution in [0.5, 0.6) is 0 Å². The predicted octanol–water partition coefficient (Wildman–Crippen LogP) is 2.96. The van der Waals surface area contributed by atoms with Crippen molar-refractivity contribution >= 4 is 35.2 Å². The fourth-order valence-corrected chi connectivity index (χ4v) is 2.51. The number of H-pyrrole nitrogens is 1. The van der Waals surface area contributed by atoms with Gasteiger partial charge in [-0.3, -0.25) is 0 Å². The molecule has 0 fully saturated rings. The number of alkyl halides is 1. The normalized spacial score (nSPS) is 15.6. The first kappa shape index (κ1) is 12.3. The summed E-state index contributed by atoms with van der Waals surface area (Å²) in [4.78, 5) is 15.8. The molecule has 92 valence electrons. The van der Waals surface area contributed by atoms with Gasteiger partial charge in [0.15, 0.2) is 3.95 Å². The van der Waals surface area contributed by atoms with E-state index >= 15 is 0 Å². The zero-order valence-corrected chi connectivity index (χ0v) is 10.6. The number of hydrogen-bond donors (Lipinski definition) is 1. The first-order valence-corrected chi connectivity index (χ1v) is 6.34. The Kier molecular flexibility index (Phi) is 3.90. The van der Waals surface area contributed by atoms with Gasteiger partial charge in [-0.15, -0.1) is 11.3 Å². The molecule has 2 rings (SSSR count). The number of ether oxygens (including phenoxy) is 1. The van der Waals surface area contributed by atoms with Gasteiger partial charge in [-0.2, -0.15) is 0 Å². The third-order valence-electron chi connectivity index (χ3n) is 2.51. The second-order valence-corrected chi connectivity index (χ2v) is 5.05. The molecule has 4 nitrogen and oxygen atoms in total. The summed E-state index contributed by atoms with van der Waals surface area (Å²) in [5, 5.41) is 1.96. The maximum Gasteiger partial charge on any atom is 0.412 e. The molecule has 2 heterocycles. The number of thiazole rings is 1. The summed E-state index contributed by atoms with van der Waals surface area (Å²) in [7, 11) is 0. The molecule has 0 saturated heterocycles. The molecule has 0 aromatic carbocycles. The average Bonchev–Trinajstić information content (AvgIpc) is 2.76. The molecule has 0 bridgehead atoms. The number of halogens is 1. The Morgan fingerprint density at radius 1 is 1.71 bits per heavy atom. The summed E-state index contributed by atoms with van der Waals surface area (Å²) < 4.78 is 16.9. The molecule has 1 aromatic rings. The van der Waals surface area contributed by atoms with Crippen LogP contribution >= 0.6 is 23.6 Å². The average molecular weight is 274 g/mol. The van der Waals surface area contributed by atoms with Gasteiger partial charge in [0, 0.05) is 18.5 Å². The molecule has 17 heavy (non-hydrogen) atoms. The van der Waals surface area contributed by atoms with Crippen LogP contribution in [0.2, 0.25) is 0 Å². The smallest absolute Gasteiger partial charge is 0.412 e. The van der Waals surface area contributed by atoms with Crippen LogP contribution in [-0.2, 0) is 4.74 Å². The number of nitrogens with zero attached hydrogens (tertiary/aromatic N) is 1. The lowest BCUT2D eigenvalue weighted by atomic mass is 10.1. The van der Waals surface area contributed by atoms with E-state index in [1.54, 1.807) is 0 Å². The van der Waals surface area contributed by atoms with Gasteiger partial charge < -0.3 is 14.6 Å². The Bertz CT molecular complexity index is 494. The van der Waals surface area contributed by atoms with Crippen molar-refractivity contribution in [3.63, 3.8) is 0 Å². The van der Waals surface area contributed by atoms with Crippen molar-refractivity contribution in [2.24, 2.45) is 0 Å². The lowest BCUT2D eigenvalue weighted by Crippen LogP contribution is -2.35. The van der Waals surface area contributed by atoms with E-state index in [1.165, 1.54) is 16.2 Å². The van der Waals surface area contributed by atoms with Crippen LogP contribution in [-0.4, -0.2) is 35.9 Å². The number of amides is 1. The second kappa shape index (κ2) is 5.42. The topological polar surface area (TPSA) is 45.3 Å². The molecule has 0 aliphatic carbocycles. The monoisotopic (exact) mass is 274 g/mol. The lowest BCUT2D eigenvalue weighted by molar-refractivity contribution is 0.0676. The second-order valence-electron chi connectivity index (χ2n) is 3.51. The largest absolute Gasteiger partial charge is 0.417 e. The Balaban J connectivity index is 2.02. The number of carbonyl (C=O) groups is 1. The van der Waals surface area contributed by atoms with E-state index in [0.29, 0.717) is 19.5 Å². The number of aromatic nitrogens is 1. The van der Waals surface area contributed by atoms with Crippen molar-refractivity contribution in [1.82, 2.24) is 9.88 Å². The third-order valence-corrected chi connectivity index (χ3v) is 3.57. The molecule has 7 heteroatoms. The van der Waals surface area contributed by atoms with Crippen molar-refractivity contribution in [2.45, 2.75) is 6.42 Å². The van der Waals surface area contributed by atoms with Crippen molar-refractivity contribution < 1.29 is 13.9 Å². The van der Waals surface area contributed by atoms with Crippen LogP contribution in [0.3, 0.4) is 0 Å². The summed E-state index contributed by atoms with van der Waals surface area (Å²) in [6.07, 6.45) is 2.03. The summed E-state index contributed by atoms with van der Waals surface area (Å²) in [5.41, 5.74) is 2.13. The lowest BCUT2D eigenvalue weighted by Gasteiger charge is -2.24. The highest BCUT2D eigenvalue weighted by Gasteiger charge is 2.19. The SMILES string of the molecule is O=C(OCF)N1CC=C(c2csc(=S)[nH]2)CC1. The number of aromatic amines is 1. The van der Waals surface area contributed by atoms with Gasteiger partial charge >= 0.3 is 6.09 Å². The maximum atomic E-state index is 11.8. The first-order valence-electron chi connectivity index (χ1n) is 5.05. The van der Waals surface area contributed by atoms with E-state index in [2.05, 4.69) is 9.72 Å². The molecule has 0 atom stereocenters. The number of nitrogens with one attached hydrogen (secondary N) is 1. The molecule has 0 unspecified atom stereocenters. The van der Waals surface area contributed by atoms with Crippen molar-refractivity contribution in [1.29, 1.82) is 0 Å².